The number of nitrogens with two attached hydrogens (primary N) is 1. The van der Waals surface area contributed by atoms with E-state index in [4.69, 9.17) is 21.8 Å². The molecule has 0 amide bonds. The Balaban J connectivity index is 2.16. The fourth-order valence-electron chi connectivity index (χ4n) is 1.70. The molecule has 90 valence electrons. The van der Waals surface area contributed by atoms with Gasteiger partial charge >= 0.3 is 0 Å². The minimum Gasteiger partial charge on any atom is -0.436 e. The standard InChI is InChI=1S/C13H8BrClN2O/c14-8-2-4-12-11(6-8)17-13(18-12)7-1-3-9(15)10(16)5-7/h1-6H,16H2. The number of halogens is 2. The van der Waals surface area contributed by atoms with Crippen LogP contribution in [0.5, 0.6) is 0 Å². The highest BCUT2D eigenvalue weighted by Crippen LogP contribution is 2.29. The molecule has 1 heterocycles. The van der Waals surface area contributed by atoms with Crippen molar-refractivity contribution < 1.29 is 4.42 Å². The van der Waals surface area contributed by atoms with Crippen LogP contribution in [0.15, 0.2) is 45.3 Å². The molecule has 3 rings (SSSR count). The van der Waals surface area contributed by atoms with E-state index in [1.807, 2.05) is 24.3 Å². The minimum absolute atomic E-state index is 0.512. The summed E-state index contributed by atoms with van der Waals surface area (Å²) >= 11 is 9.29. The van der Waals surface area contributed by atoms with Crippen molar-refractivity contribution in [2.45, 2.75) is 0 Å². The van der Waals surface area contributed by atoms with Gasteiger partial charge in [0.25, 0.3) is 0 Å². The fraction of sp³-hybridized carbons (Fsp3) is 0. The molecular weight excluding hydrogens is 316 g/mol. The summed E-state index contributed by atoms with van der Waals surface area (Å²) in [6.07, 6.45) is 0. The van der Waals surface area contributed by atoms with Crippen LogP contribution in [0.25, 0.3) is 22.6 Å². The summed E-state index contributed by atoms with van der Waals surface area (Å²) in [6.45, 7) is 0. The first kappa shape index (κ1) is 11.6. The monoisotopic (exact) mass is 322 g/mol. The van der Waals surface area contributed by atoms with Crippen molar-refractivity contribution in [2.75, 3.05) is 5.73 Å². The lowest BCUT2D eigenvalue weighted by molar-refractivity contribution is 0.620. The predicted octanol–water partition coefficient (Wildman–Crippen LogP) is 4.49. The minimum atomic E-state index is 0.512. The van der Waals surface area contributed by atoms with Gasteiger partial charge in [-0.25, -0.2) is 4.98 Å². The topological polar surface area (TPSA) is 52.0 Å². The first-order chi connectivity index (χ1) is 8.63. The van der Waals surface area contributed by atoms with Crippen molar-refractivity contribution in [2.24, 2.45) is 0 Å². The highest BCUT2D eigenvalue weighted by atomic mass is 79.9. The van der Waals surface area contributed by atoms with Gasteiger partial charge in [0.2, 0.25) is 5.89 Å². The Kier molecular flexibility index (Phi) is 2.76. The summed E-state index contributed by atoms with van der Waals surface area (Å²) in [5.41, 5.74) is 8.63. The summed E-state index contributed by atoms with van der Waals surface area (Å²) in [7, 11) is 0. The van der Waals surface area contributed by atoms with Gasteiger partial charge in [-0.05, 0) is 36.4 Å². The molecule has 0 atom stereocenters. The molecule has 0 radical (unpaired) electrons. The van der Waals surface area contributed by atoms with Crippen molar-refractivity contribution in [3.8, 4) is 11.5 Å². The molecular formula is C13H8BrClN2O. The van der Waals surface area contributed by atoms with Gasteiger partial charge in [-0.1, -0.05) is 27.5 Å². The molecule has 3 aromatic rings. The maximum absolute atomic E-state index is 5.89. The van der Waals surface area contributed by atoms with Crippen LogP contribution in [-0.2, 0) is 0 Å². The average Bonchev–Trinajstić information content (AvgIpc) is 2.75. The molecule has 0 aliphatic heterocycles. The summed E-state index contributed by atoms with van der Waals surface area (Å²) in [5, 5.41) is 0.526. The third-order valence-corrected chi connectivity index (χ3v) is 3.43. The first-order valence-electron chi connectivity index (χ1n) is 5.25. The number of nitrogen functional groups attached to an aromatic ring is 1. The van der Waals surface area contributed by atoms with Crippen LogP contribution in [0, 0.1) is 0 Å². The van der Waals surface area contributed by atoms with E-state index in [9.17, 15) is 0 Å². The predicted molar refractivity (Wildman–Crippen MR) is 76.6 cm³/mol. The summed E-state index contributed by atoms with van der Waals surface area (Å²) in [5.74, 6) is 0.534. The van der Waals surface area contributed by atoms with Crippen LogP contribution in [-0.4, -0.2) is 4.98 Å². The Bertz CT molecular complexity index is 739. The molecule has 2 N–H and O–H groups in total. The molecule has 0 spiro atoms. The molecule has 2 aromatic carbocycles. The van der Waals surface area contributed by atoms with Crippen LogP contribution < -0.4 is 5.73 Å². The Hall–Kier alpha value is -1.52. The molecule has 0 aliphatic rings. The van der Waals surface area contributed by atoms with Gasteiger partial charge < -0.3 is 10.2 Å². The summed E-state index contributed by atoms with van der Waals surface area (Å²) in [4.78, 5) is 4.42. The van der Waals surface area contributed by atoms with Gasteiger partial charge in [0.1, 0.15) is 5.52 Å². The van der Waals surface area contributed by atoms with E-state index in [0.717, 1.165) is 21.1 Å². The second kappa shape index (κ2) is 4.30. The van der Waals surface area contributed by atoms with E-state index in [0.29, 0.717) is 16.6 Å². The summed E-state index contributed by atoms with van der Waals surface area (Å²) in [6, 6.07) is 11.0. The maximum atomic E-state index is 5.89. The molecule has 18 heavy (non-hydrogen) atoms. The zero-order valence-electron chi connectivity index (χ0n) is 9.15. The van der Waals surface area contributed by atoms with Crippen LogP contribution in [0.3, 0.4) is 0 Å². The Morgan fingerprint density at radius 1 is 1.17 bits per heavy atom. The Labute approximate surface area is 117 Å². The van der Waals surface area contributed by atoms with Crippen LogP contribution in [0.4, 0.5) is 5.69 Å². The van der Waals surface area contributed by atoms with Crippen LogP contribution >= 0.6 is 27.5 Å². The quantitative estimate of drug-likeness (QED) is 0.671. The largest absolute Gasteiger partial charge is 0.436 e. The molecule has 5 heteroatoms. The van der Waals surface area contributed by atoms with Gasteiger partial charge in [0.05, 0.1) is 10.7 Å². The first-order valence-corrected chi connectivity index (χ1v) is 6.42. The molecule has 0 saturated carbocycles. The lowest BCUT2D eigenvalue weighted by atomic mass is 10.2. The average molecular weight is 324 g/mol. The number of anilines is 1. The number of benzene rings is 2. The van der Waals surface area contributed by atoms with Gasteiger partial charge in [-0.15, -0.1) is 0 Å². The normalized spacial score (nSPS) is 11.0. The number of rotatable bonds is 1. The number of hydrogen-bond acceptors (Lipinski definition) is 3. The fourth-order valence-corrected chi connectivity index (χ4v) is 2.17. The highest BCUT2D eigenvalue weighted by Gasteiger charge is 2.09. The van der Waals surface area contributed by atoms with E-state index in [2.05, 4.69) is 20.9 Å². The van der Waals surface area contributed by atoms with Crippen molar-refractivity contribution in [1.82, 2.24) is 4.98 Å². The van der Waals surface area contributed by atoms with Crippen molar-refractivity contribution in [3.05, 3.63) is 45.9 Å². The van der Waals surface area contributed by atoms with Gasteiger partial charge in [0, 0.05) is 10.0 Å². The molecule has 0 fully saturated rings. The van der Waals surface area contributed by atoms with Crippen molar-refractivity contribution in [1.29, 1.82) is 0 Å². The van der Waals surface area contributed by atoms with Gasteiger partial charge in [0.15, 0.2) is 5.58 Å². The molecule has 3 nitrogen and oxygen atoms in total. The number of oxazole rings is 1. The van der Waals surface area contributed by atoms with Crippen LogP contribution in [0.1, 0.15) is 0 Å². The molecule has 0 aliphatic carbocycles. The van der Waals surface area contributed by atoms with E-state index < -0.39 is 0 Å². The Morgan fingerprint density at radius 3 is 2.78 bits per heavy atom. The van der Waals surface area contributed by atoms with Gasteiger partial charge in [-0.3, -0.25) is 0 Å². The lowest BCUT2D eigenvalue weighted by Gasteiger charge is -1.99. The molecule has 1 aromatic heterocycles. The van der Waals surface area contributed by atoms with Crippen molar-refractivity contribution in [3.63, 3.8) is 0 Å². The second-order valence-electron chi connectivity index (χ2n) is 3.87. The molecule has 0 unspecified atom stereocenters. The van der Waals surface area contributed by atoms with E-state index in [-0.39, 0.29) is 0 Å². The SMILES string of the molecule is Nc1cc(-c2nc3cc(Br)ccc3o2)ccc1Cl. The molecule has 0 saturated heterocycles. The van der Waals surface area contributed by atoms with Crippen LogP contribution in [0.2, 0.25) is 5.02 Å². The van der Waals surface area contributed by atoms with E-state index in [1.165, 1.54) is 0 Å². The number of fused-ring (bicyclic) bond motifs is 1. The lowest BCUT2D eigenvalue weighted by Crippen LogP contribution is -1.87. The second-order valence-corrected chi connectivity index (χ2v) is 5.19. The van der Waals surface area contributed by atoms with Gasteiger partial charge in [-0.2, -0.15) is 0 Å². The zero-order chi connectivity index (χ0) is 12.7. The highest BCUT2D eigenvalue weighted by molar-refractivity contribution is 9.10. The van der Waals surface area contributed by atoms with Crippen molar-refractivity contribution >= 4 is 44.3 Å². The Morgan fingerprint density at radius 2 is 2.00 bits per heavy atom. The smallest absolute Gasteiger partial charge is 0.227 e. The number of hydrogen-bond donors (Lipinski definition) is 1. The molecule has 0 bridgehead atoms. The zero-order valence-corrected chi connectivity index (χ0v) is 11.5. The third-order valence-electron chi connectivity index (χ3n) is 2.59. The number of aromatic nitrogens is 1. The summed E-state index contributed by atoms with van der Waals surface area (Å²) < 4.78 is 6.64. The van der Waals surface area contributed by atoms with E-state index >= 15 is 0 Å². The third kappa shape index (κ3) is 1.98. The number of nitrogens with zero attached hydrogens (tertiary/aromatic N) is 1. The maximum Gasteiger partial charge on any atom is 0.227 e. The van der Waals surface area contributed by atoms with E-state index in [1.54, 1.807) is 12.1 Å².